The average Bonchev–Trinajstić information content (AvgIpc) is 3.05. The van der Waals surface area contributed by atoms with Gasteiger partial charge in [-0.2, -0.15) is 0 Å². The molecule has 5 aromatic rings. The molecule has 5 heteroatoms. The van der Waals surface area contributed by atoms with Crippen LogP contribution in [-0.2, 0) is 0 Å². The first-order chi connectivity index (χ1) is 10.2. The number of hydrogen-bond acceptors (Lipinski definition) is 5. The van der Waals surface area contributed by atoms with E-state index in [4.69, 9.17) is 4.42 Å². The first-order valence-corrected chi connectivity index (χ1v) is 8.31. The molecule has 0 aliphatic heterocycles. The van der Waals surface area contributed by atoms with E-state index in [0.29, 0.717) is 0 Å². The number of rotatable bonds is 0. The maximum absolute atomic E-state index is 6.02. The maximum atomic E-state index is 6.02. The lowest BCUT2D eigenvalue weighted by Crippen LogP contribution is -1.70. The number of benzene rings is 2. The van der Waals surface area contributed by atoms with Crippen LogP contribution in [0.5, 0.6) is 0 Å². The monoisotopic (exact) mass is 310 g/mol. The third-order valence-corrected chi connectivity index (χ3v) is 5.57. The van der Waals surface area contributed by atoms with Crippen molar-refractivity contribution in [1.82, 2.24) is 9.97 Å². The van der Waals surface area contributed by atoms with Gasteiger partial charge in [-0.3, -0.25) is 0 Å². The maximum Gasteiger partial charge on any atom is 0.137 e. The summed E-state index contributed by atoms with van der Waals surface area (Å²) < 4.78 is 8.44. The van der Waals surface area contributed by atoms with E-state index in [0.717, 1.165) is 43.0 Å². The summed E-state index contributed by atoms with van der Waals surface area (Å²) in [5.74, 6) is 0. The molecular formula is C16H10N2OS2. The second kappa shape index (κ2) is 3.81. The van der Waals surface area contributed by atoms with Crippen LogP contribution in [-0.4, -0.2) is 9.97 Å². The Kier molecular flexibility index (Phi) is 2.11. The van der Waals surface area contributed by atoms with Gasteiger partial charge in [0.25, 0.3) is 0 Å². The van der Waals surface area contributed by atoms with Crippen LogP contribution in [0.2, 0.25) is 0 Å². The van der Waals surface area contributed by atoms with Crippen LogP contribution in [0.3, 0.4) is 0 Å². The zero-order valence-corrected chi connectivity index (χ0v) is 13.1. The molecule has 3 nitrogen and oxygen atoms in total. The molecule has 0 N–H and O–H groups in total. The molecule has 21 heavy (non-hydrogen) atoms. The topological polar surface area (TPSA) is 38.9 Å². The van der Waals surface area contributed by atoms with Gasteiger partial charge in [-0.25, -0.2) is 9.97 Å². The normalized spacial score (nSPS) is 12.3. The van der Waals surface area contributed by atoms with Gasteiger partial charge in [-0.05, 0) is 26.0 Å². The molecule has 0 aliphatic carbocycles. The van der Waals surface area contributed by atoms with Gasteiger partial charge in [0, 0.05) is 22.9 Å². The van der Waals surface area contributed by atoms with Crippen LogP contribution in [0.15, 0.2) is 28.7 Å². The molecule has 0 saturated heterocycles. The average molecular weight is 310 g/mol. The second-order valence-electron chi connectivity index (χ2n) is 5.20. The first kappa shape index (κ1) is 11.7. The molecular weight excluding hydrogens is 300 g/mol. The van der Waals surface area contributed by atoms with Crippen molar-refractivity contribution in [3.63, 3.8) is 0 Å². The van der Waals surface area contributed by atoms with E-state index >= 15 is 0 Å². The highest BCUT2D eigenvalue weighted by Crippen LogP contribution is 2.36. The minimum Gasteiger partial charge on any atom is -0.456 e. The van der Waals surface area contributed by atoms with Crippen molar-refractivity contribution in [2.45, 2.75) is 13.8 Å². The number of nitrogens with zero attached hydrogens (tertiary/aromatic N) is 2. The predicted molar refractivity (Wildman–Crippen MR) is 89.6 cm³/mol. The van der Waals surface area contributed by atoms with E-state index in [2.05, 4.69) is 22.1 Å². The largest absolute Gasteiger partial charge is 0.456 e. The Balaban J connectivity index is 1.97. The lowest BCUT2D eigenvalue weighted by molar-refractivity contribution is 0.670. The molecule has 102 valence electrons. The molecule has 0 fully saturated rings. The molecule has 5 rings (SSSR count). The summed E-state index contributed by atoms with van der Waals surface area (Å²) in [7, 11) is 0. The molecule has 3 aromatic heterocycles. The van der Waals surface area contributed by atoms with Crippen LogP contribution in [0.4, 0.5) is 0 Å². The number of fused-ring (bicyclic) bond motifs is 5. The molecule has 0 spiro atoms. The zero-order chi connectivity index (χ0) is 14.1. The van der Waals surface area contributed by atoms with Gasteiger partial charge in [0.1, 0.15) is 11.2 Å². The highest BCUT2D eigenvalue weighted by Gasteiger charge is 2.12. The van der Waals surface area contributed by atoms with Gasteiger partial charge in [0.2, 0.25) is 0 Å². The molecule has 0 amide bonds. The van der Waals surface area contributed by atoms with E-state index in [1.165, 1.54) is 9.40 Å². The molecule has 0 unspecified atom stereocenters. The van der Waals surface area contributed by atoms with Gasteiger partial charge in [0.05, 0.1) is 30.4 Å². The molecule has 0 saturated carbocycles. The van der Waals surface area contributed by atoms with Crippen LogP contribution in [0.25, 0.3) is 42.4 Å². The fourth-order valence-corrected chi connectivity index (χ4v) is 4.54. The van der Waals surface area contributed by atoms with Crippen molar-refractivity contribution in [2.24, 2.45) is 0 Å². The summed E-state index contributed by atoms with van der Waals surface area (Å²) in [6, 6.07) is 8.48. The van der Waals surface area contributed by atoms with Gasteiger partial charge in [-0.1, -0.05) is 0 Å². The molecule has 2 aromatic carbocycles. The van der Waals surface area contributed by atoms with Crippen molar-refractivity contribution in [1.29, 1.82) is 0 Å². The van der Waals surface area contributed by atoms with Crippen molar-refractivity contribution >= 4 is 65.0 Å². The van der Waals surface area contributed by atoms with E-state index < -0.39 is 0 Å². The fraction of sp³-hybridized carbons (Fsp3) is 0.125. The Hall–Kier alpha value is -1.98. The molecule has 0 radical (unpaired) electrons. The summed E-state index contributed by atoms with van der Waals surface area (Å²) in [4.78, 5) is 9.08. The van der Waals surface area contributed by atoms with Crippen molar-refractivity contribution in [3.05, 3.63) is 34.3 Å². The number of hydrogen-bond donors (Lipinski definition) is 0. The number of furan rings is 1. The first-order valence-electron chi connectivity index (χ1n) is 6.68. The third kappa shape index (κ3) is 1.58. The highest BCUT2D eigenvalue weighted by molar-refractivity contribution is 7.19. The minimum absolute atomic E-state index is 0.900. The SMILES string of the molecule is Cc1nc2cc3oc4cc5nc(C)sc5cc4c3cc2s1. The number of aromatic nitrogens is 2. The van der Waals surface area contributed by atoms with Crippen LogP contribution >= 0.6 is 22.7 Å². The van der Waals surface area contributed by atoms with Crippen molar-refractivity contribution in [2.75, 3.05) is 0 Å². The highest BCUT2D eigenvalue weighted by atomic mass is 32.1. The van der Waals surface area contributed by atoms with Gasteiger partial charge in [-0.15, -0.1) is 22.7 Å². The van der Waals surface area contributed by atoms with Crippen LogP contribution in [0, 0.1) is 13.8 Å². The lowest BCUT2D eigenvalue weighted by atomic mass is 10.1. The Morgan fingerprint density at radius 2 is 1.24 bits per heavy atom. The van der Waals surface area contributed by atoms with Crippen molar-refractivity contribution in [3.8, 4) is 0 Å². The predicted octanol–water partition coefficient (Wildman–Crippen LogP) is 5.42. The Labute approximate surface area is 127 Å². The second-order valence-corrected chi connectivity index (χ2v) is 7.67. The summed E-state index contributed by atoms with van der Waals surface area (Å²) in [5.41, 5.74) is 3.83. The van der Waals surface area contributed by atoms with E-state index in [-0.39, 0.29) is 0 Å². The summed E-state index contributed by atoms with van der Waals surface area (Å²) >= 11 is 3.45. The van der Waals surface area contributed by atoms with Crippen LogP contribution < -0.4 is 0 Å². The quantitative estimate of drug-likeness (QED) is 0.383. The van der Waals surface area contributed by atoms with Gasteiger partial charge >= 0.3 is 0 Å². The zero-order valence-electron chi connectivity index (χ0n) is 11.4. The minimum atomic E-state index is 0.900. The molecule has 0 aliphatic rings. The number of aryl methyl sites for hydroxylation is 2. The van der Waals surface area contributed by atoms with E-state index in [1.807, 2.05) is 26.0 Å². The Morgan fingerprint density at radius 1 is 0.762 bits per heavy atom. The van der Waals surface area contributed by atoms with E-state index in [9.17, 15) is 0 Å². The Bertz CT molecular complexity index is 1070. The molecule has 0 bridgehead atoms. The third-order valence-electron chi connectivity index (χ3n) is 3.70. The molecule has 3 heterocycles. The smallest absolute Gasteiger partial charge is 0.137 e. The lowest BCUT2D eigenvalue weighted by Gasteiger charge is -1.90. The summed E-state index contributed by atoms with van der Waals surface area (Å²) in [5, 5.41) is 4.49. The summed E-state index contributed by atoms with van der Waals surface area (Å²) in [6.45, 7) is 4.07. The van der Waals surface area contributed by atoms with Gasteiger partial charge in [0.15, 0.2) is 0 Å². The standard InChI is InChI=1S/C16H10N2OS2/c1-7-17-11-5-13-9(3-15(11)20-7)10-4-16-12(6-14(10)19-13)18-8(2)21-16/h3-6H,1-2H3. The van der Waals surface area contributed by atoms with E-state index in [1.54, 1.807) is 22.7 Å². The fourth-order valence-electron chi connectivity index (χ4n) is 2.85. The van der Waals surface area contributed by atoms with Crippen LogP contribution in [0.1, 0.15) is 10.0 Å². The molecule has 0 atom stereocenters. The van der Waals surface area contributed by atoms with Gasteiger partial charge < -0.3 is 4.42 Å². The number of thiazole rings is 2. The van der Waals surface area contributed by atoms with Crippen molar-refractivity contribution < 1.29 is 4.42 Å². The summed E-state index contributed by atoms with van der Waals surface area (Å²) in [6.07, 6.45) is 0. The Morgan fingerprint density at radius 3 is 1.71 bits per heavy atom.